The van der Waals surface area contributed by atoms with Gasteiger partial charge in [0.15, 0.2) is 5.78 Å². The molecule has 1 saturated heterocycles. The molecule has 0 aliphatic carbocycles. The number of nitrogens with one attached hydrogen (secondary N) is 9. The molecule has 31 nitrogen and oxygen atoms in total. The molecule has 1 aliphatic heterocycles. The van der Waals surface area contributed by atoms with Crippen LogP contribution in [-0.4, -0.2) is 202 Å². The van der Waals surface area contributed by atoms with Crippen molar-refractivity contribution in [3.63, 3.8) is 0 Å². The Morgan fingerprint density at radius 1 is 0.723 bits per heavy atom. The van der Waals surface area contributed by atoms with Gasteiger partial charge in [0.2, 0.25) is 47.3 Å². The van der Waals surface area contributed by atoms with Crippen LogP contribution in [0.1, 0.15) is 106 Å². The maximum absolute atomic E-state index is 15.3. The van der Waals surface area contributed by atoms with Crippen molar-refractivity contribution in [2.75, 3.05) is 52.9 Å². The second-order valence-electron chi connectivity index (χ2n) is 24.7. The molecule has 19 N–H and O–H groups in total. The summed E-state index contributed by atoms with van der Waals surface area (Å²) in [6, 6.07) is 15.2. The highest BCUT2D eigenvalue weighted by atomic mass is 32.2. The van der Waals surface area contributed by atoms with Gasteiger partial charge in [-0.2, -0.15) is 9.78 Å². The predicted octanol–water partition coefficient (Wildman–Crippen LogP) is -0.199. The number of carbonyl (C=O) groups is 12. The third-order valence-corrected chi connectivity index (χ3v) is 17.5. The van der Waals surface area contributed by atoms with Crippen molar-refractivity contribution in [2.45, 2.75) is 143 Å². The number of aliphatic carboxylic acids is 1. The quantitative estimate of drug-likeness (QED) is 0.0324. The maximum Gasteiger partial charge on any atom is 0.345 e. The molecule has 101 heavy (non-hydrogen) atoms. The molecule has 3 heterocycles. The van der Waals surface area contributed by atoms with E-state index in [4.69, 9.17) is 28.0 Å². The first-order valence-corrected chi connectivity index (χ1v) is 34.3. The van der Waals surface area contributed by atoms with E-state index in [1.54, 1.807) is 109 Å². The molecule has 10 amide bonds. The topological polar surface area (TPSA) is 492 Å². The molecule has 0 spiro atoms. The van der Waals surface area contributed by atoms with E-state index in [1.807, 2.05) is 13.8 Å². The van der Waals surface area contributed by atoms with Gasteiger partial charge in [-0.25, -0.2) is 4.79 Å². The first-order valence-electron chi connectivity index (χ1n) is 33.4. The van der Waals surface area contributed by atoms with Gasteiger partial charge < -0.3 is 85.9 Å². The molecule has 3 aromatic carbocycles. The van der Waals surface area contributed by atoms with E-state index in [0.717, 1.165) is 4.68 Å². The summed E-state index contributed by atoms with van der Waals surface area (Å²) in [5, 5.41) is 49.3. The van der Waals surface area contributed by atoms with Crippen LogP contribution in [0, 0.1) is 11.8 Å². The molecule has 32 heteroatoms. The molecule has 9 atom stereocenters. The van der Waals surface area contributed by atoms with Crippen LogP contribution in [0.4, 0.5) is 4.79 Å². The number of rotatable bonds is 27. The Balaban J connectivity index is 1.38. The van der Waals surface area contributed by atoms with Crippen LogP contribution in [0.5, 0.6) is 0 Å². The second kappa shape index (κ2) is 40.3. The molecule has 1 fully saturated rings. The highest BCUT2D eigenvalue weighted by Crippen LogP contribution is 2.34. The Morgan fingerprint density at radius 2 is 1.37 bits per heavy atom. The van der Waals surface area contributed by atoms with Gasteiger partial charge in [-0.05, 0) is 131 Å². The van der Waals surface area contributed by atoms with E-state index >= 15 is 4.79 Å². The van der Waals surface area contributed by atoms with Gasteiger partial charge in [-0.15, -0.1) is 0 Å². The summed E-state index contributed by atoms with van der Waals surface area (Å²) in [6.07, 6.45) is 1.06. The van der Waals surface area contributed by atoms with E-state index in [-0.39, 0.29) is 95.0 Å². The average molecular weight is 1420 g/mol. The molecule has 0 saturated carbocycles. The molecule has 544 valence electrons. The fourth-order valence-corrected chi connectivity index (χ4v) is 11.9. The lowest BCUT2D eigenvalue weighted by Crippen LogP contribution is -2.59. The first kappa shape index (κ1) is 80.0. The van der Waals surface area contributed by atoms with Crippen LogP contribution in [0.25, 0.3) is 23.1 Å². The average Bonchev–Trinajstić information content (AvgIpc) is 1.64. The van der Waals surface area contributed by atoms with E-state index < -0.39 is 152 Å². The molecule has 6 rings (SSSR count). The summed E-state index contributed by atoms with van der Waals surface area (Å²) in [5.41, 5.74) is 25.7. The highest BCUT2D eigenvalue weighted by molar-refractivity contribution is 7.99. The Labute approximate surface area is 589 Å². The van der Waals surface area contributed by atoms with Crippen LogP contribution < -0.4 is 70.8 Å². The summed E-state index contributed by atoms with van der Waals surface area (Å²) in [6.45, 7) is 3.08. The van der Waals surface area contributed by atoms with E-state index in [9.17, 15) is 63.0 Å². The van der Waals surface area contributed by atoms with Crippen molar-refractivity contribution >= 4 is 106 Å². The highest BCUT2D eigenvalue weighted by Gasteiger charge is 2.36. The van der Waals surface area contributed by atoms with Gasteiger partial charge in [0.25, 0.3) is 5.91 Å². The Morgan fingerprint density at radius 3 is 2.02 bits per heavy atom. The molecule has 1 unspecified atom stereocenters. The predicted molar refractivity (Wildman–Crippen MR) is 376 cm³/mol. The largest absolute Gasteiger partial charge is 0.480 e. The number of amides is 10. The van der Waals surface area contributed by atoms with E-state index in [0.29, 0.717) is 37.7 Å². The number of hydrogen-bond donors (Lipinski definition) is 15. The first-order chi connectivity index (χ1) is 48.3. The number of aromatic nitrogens is 3. The van der Waals surface area contributed by atoms with Crippen molar-refractivity contribution in [2.24, 2.45) is 34.8 Å². The number of pyridine rings is 1. The minimum absolute atomic E-state index is 0.0215. The Hall–Kier alpha value is -9.99. The molecule has 0 bridgehead atoms. The fourth-order valence-electron chi connectivity index (χ4n) is 10.9. The van der Waals surface area contributed by atoms with Gasteiger partial charge in [0, 0.05) is 86.2 Å². The number of carbonyl (C=O) groups excluding carboxylic acids is 11. The minimum atomic E-state index is -1.68. The summed E-state index contributed by atoms with van der Waals surface area (Å²) >= 11 is 1.24. The molecule has 1 aliphatic rings. The van der Waals surface area contributed by atoms with Crippen molar-refractivity contribution in [3.8, 4) is 0 Å². The number of fused-ring (bicyclic) bond motifs is 1. The number of ketones is 1. The van der Waals surface area contributed by atoms with Gasteiger partial charge in [-0.1, -0.05) is 74.1 Å². The van der Waals surface area contributed by atoms with E-state index in [2.05, 4.69) is 52.8 Å². The molecular formula is C69H93N17O14S. The SMILES string of the molecule is CNC(=O)c1ccccc1Sc1ccc2c(/C=C/c3ccccn3)nn(C(=O)N(CCNC(=O)CC[C@H](N)C(=O)O)CCC(=O)N[C@H]3CCNC(=O)[C@H]([C@@H](C)O)NC(=O)[C@H](CCN)NC(=O)[C@H](CCN)CC(=O)C(CC(C)C)NC(=O)[C@@H](Cc4ccccc4)NC(=O)[C@H](CCN)NC3=O)c2c1. The molecular weight excluding hydrogens is 1320 g/mol. The van der Waals surface area contributed by atoms with Gasteiger partial charge in [0.05, 0.1) is 34.6 Å². The van der Waals surface area contributed by atoms with Crippen molar-refractivity contribution in [3.05, 3.63) is 120 Å². The lowest BCUT2D eigenvalue weighted by molar-refractivity contribution is -0.139. The number of carboxylic acids is 1. The number of aliphatic hydroxyl groups is 1. The summed E-state index contributed by atoms with van der Waals surface area (Å²) in [7, 11) is 1.51. The molecule has 5 aromatic rings. The number of benzene rings is 3. The smallest absolute Gasteiger partial charge is 0.345 e. The van der Waals surface area contributed by atoms with Gasteiger partial charge in [-0.3, -0.25) is 57.7 Å². The van der Waals surface area contributed by atoms with Crippen LogP contribution in [0.2, 0.25) is 0 Å². The Kier molecular flexibility index (Phi) is 31.9. The number of nitrogens with two attached hydrogens (primary N) is 4. The van der Waals surface area contributed by atoms with Crippen LogP contribution >= 0.6 is 11.8 Å². The number of aliphatic hydroxyl groups excluding tert-OH is 1. The summed E-state index contributed by atoms with van der Waals surface area (Å²) in [5.74, 6) is -10.3. The minimum Gasteiger partial charge on any atom is -0.480 e. The monoisotopic (exact) mass is 1420 g/mol. The fraction of sp³-hybridized carbons (Fsp3) is 0.449. The zero-order valence-electron chi connectivity index (χ0n) is 57.0. The number of carboxylic acid groups (broad SMARTS) is 1. The molecule has 2 aromatic heterocycles. The number of nitrogens with zero attached hydrogens (tertiary/aromatic N) is 4. The summed E-state index contributed by atoms with van der Waals surface area (Å²) < 4.78 is 1.11. The van der Waals surface area contributed by atoms with Gasteiger partial charge >= 0.3 is 12.0 Å². The Bertz CT molecular complexity index is 3730. The van der Waals surface area contributed by atoms with Crippen molar-refractivity contribution < 1.29 is 67.7 Å². The van der Waals surface area contributed by atoms with E-state index in [1.165, 1.54) is 30.6 Å². The lowest BCUT2D eigenvalue weighted by Gasteiger charge is -2.28. The van der Waals surface area contributed by atoms with Crippen molar-refractivity contribution in [1.29, 1.82) is 0 Å². The van der Waals surface area contributed by atoms with Crippen LogP contribution in [-0.2, 0) is 54.4 Å². The zero-order chi connectivity index (χ0) is 73.7. The standard InChI is InChI=1S/C69H93N17O14S/c1-40(2)36-53-56(88)38-43(23-28-70)61(91)79-51(25-30-72)65(95)83-60(41(3)87)67(97)77-32-26-52(64(94)80-50(24-29-71)63(93)82-54(66(96)81-53)37-42-12-6-5-7-13-42)78-59(90)27-34-85(35-33-76-58(89)22-20-48(73)68(98)99)69(100)86-55-39-45(101-57-16-9-8-15-47(57)62(92)74-4)18-19-46(55)49(84-86)21-17-44-14-10-11-31-75-44/h5-19,21,31,39-41,43,48,50-54,60,87H,20,22-30,32-38,70-73H2,1-4H3,(H,74,92)(H,76,89)(H,77,97)(H,78,90)(H,79,91)(H,80,94)(H,81,96)(H,82,93)(H,83,95)(H,98,99)/b21-17+/t41-,43-,48+,50+,51+,52+,53?,54-,60+/m1/s1. The van der Waals surface area contributed by atoms with Gasteiger partial charge in [0.1, 0.15) is 36.3 Å². The zero-order valence-corrected chi connectivity index (χ0v) is 57.8. The molecule has 0 radical (unpaired) electrons. The normalized spacial score (nSPS) is 19.9. The van der Waals surface area contributed by atoms with Crippen molar-refractivity contribution in [1.82, 2.24) is 67.5 Å². The lowest BCUT2D eigenvalue weighted by atomic mass is 9.90. The number of Topliss-reactive ketones (excluding diaryl/α,β-unsaturated/α-hetero) is 1. The maximum atomic E-state index is 15.3. The third-order valence-electron chi connectivity index (χ3n) is 16.4. The van der Waals surface area contributed by atoms with Crippen LogP contribution in [0.3, 0.4) is 0 Å². The van der Waals surface area contributed by atoms with Crippen LogP contribution in [0.15, 0.2) is 107 Å². The third kappa shape index (κ3) is 24.7. The number of hydrogen-bond acceptors (Lipinski definition) is 20. The summed E-state index contributed by atoms with van der Waals surface area (Å²) in [4.78, 5) is 175. The second-order valence-corrected chi connectivity index (χ2v) is 25.8.